The maximum absolute atomic E-state index is 11.2. The molecule has 1 heterocycles. The van der Waals surface area contributed by atoms with E-state index in [4.69, 9.17) is 11.6 Å². The van der Waals surface area contributed by atoms with Crippen LogP contribution in [0.2, 0.25) is 5.02 Å². The standard InChI is InChI=1S/C20H20ClN3O2S/c1-3-13(11-19(25)26)14-4-9-17(20-24-23-12(2)27-20)18(10-14)22-16-7-5-15(21)6-8-16/h4-10,13,22H,3,11H2,1-2H3,(H,25,26). The van der Waals surface area contributed by atoms with Crippen LogP contribution in [0.3, 0.4) is 0 Å². The number of carboxylic acids is 1. The van der Waals surface area contributed by atoms with Gasteiger partial charge in [-0.15, -0.1) is 10.2 Å². The number of nitrogens with one attached hydrogen (secondary N) is 1. The summed E-state index contributed by atoms with van der Waals surface area (Å²) in [7, 11) is 0. The van der Waals surface area contributed by atoms with E-state index in [2.05, 4.69) is 15.5 Å². The third kappa shape index (κ3) is 4.84. The van der Waals surface area contributed by atoms with Crippen LogP contribution in [0.1, 0.15) is 36.3 Å². The highest BCUT2D eigenvalue weighted by molar-refractivity contribution is 7.14. The number of nitrogens with zero attached hydrogens (tertiary/aromatic N) is 2. The number of anilines is 2. The van der Waals surface area contributed by atoms with E-state index in [9.17, 15) is 9.90 Å². The molecule has 0 saturated heterocycles. The minimum absolute atomic E-state index is 0.0431. The van der Waals surface area contributed by atoms with Gasteiger partial charge in [-0.2, -0.15) is 0 Å². The van der Waals surface area contributed by atoms with Crippen LogP contribution in [0.4, 0.5) is 11.4 Å². The number of carbonyl (C=O) groups is 1. The average Bonchev–Trinajstić information content (AvgIpc) is 3.07. The molecule has 0 spiro atoms. The van der Waals surface area contributed by atoms with Crippen LogP contribution in [-0.2, 0) is 4.79 Å². The van der Waals surface area contributed by atoms with Crippen molar-refractivity contribution < 1.29 is 9.90 Å². The number of carboxylic acid groups (broad SMARTS) is 1. The zero-order valence-corrected chi connectivity index (χ0v) is 16.6. The normalized spacial score (nSPS) is 12.0. The average molecular weight is 402 g/mol. The maximum atomic E-state index is 11.2. The van der Waals surface area contributed by atoms with Gasteiger partial charge in [0.05, 0.1) is 6.42 Å². The molecule has 1 unspecified atom stereocenters. The predicted octanol–water partition coefficient (Wildman–Crippen LogP) is 5.88. The molecule has 0 saturated carbocycles. The lowest BCUT2D eigenvalue weighted by atomic mass is 9.92. The number of hydrogen-bond donors (Lipinski definition) is 2. The molecule has 5 nitrogen and oxygen atoms in total. The van der Waals surface area contributed by atoms with E-state index in [-0.39, 0.29) is 12.3 Å². The van der Waals surface area contributed by atoms with Crippen molar-refractivity contribution in [3.05, 3.63) is 58.1 Å². The molecule has 7 heteroatoms. The molecule has 0 amide bonds. The quantitative estimate of drug-likeness (QED) is 0.517. The van der Waals surface area contributed by atoms with Gasteiger partial charge in [-0.25, -0.2) is 0 Å². The number of rotatable bonds is 7. The van der Waals surface area contributed by atoms with Crippen LogP contribution in [0, 0.1) is 6.92 Å². The van der Waals surface area contributed by atoms with Crippen LogP contribution in [0.15, 0.2) is 42.5 Å². The smallest absolute Gasteiger partial charge is 0.303 e. The van der Waals surface area contributed by atoms with Gasteiger partial charge in [-0.3, -0.25) is 4.79 Å². The maximum Gasteiger partial charge on any atom is 0.303 e. The van der Waals surface area contributed by atoms with Crippen molar-refractivity contribution in [3.8, 4) is 10.6 Å². The molecule has 140 valence electrons. The van der Waals surface area contributed by atoms with E-state index < -0.39 is 5.97 Å². The summed E-state index contributed by atoms with van der Waals surface area (Å²) in [6.45, 7) is 3.92. The minimum atomic E-state index is -0.794. The molecule has 0 aliphatic rings. The fourth-order valence-electron chi connectivity index (χ4n) is 2.91. The number of aryl methyl sites for hydroxylation is 1. The number of hydrogen-bond acceptors (Lipinski definition) is 5. The molecule has 0 bridgehead atoms. The number of benzene rings is 2. The Kier molecular flexibility index (Phi) is 6.08. The molecule has 1 aromatic heterocycles. The van der Waals surface area contributed by atoms with E-state index in [1.54, 1.807) is 0 Å². The summed E-state index contributed by atoms with van der Waals surface area (Å²) in [4.78, 5) is 11.2. The number of halogens is 1. The summed E-state index contributed by atoms with van der Waals surface area (Å²) in [5, 5.41) is 23.4. The van der Waals surface area contributed by atoms with Gasteiger partial charge in [0, 0.05) is 22.0 Å². The molecule has 2 aromatic carbocycles. The third-order valence-corrected chi connectivity index (χ3v) is 5.43. The van der Waals surface area contributed by atoms with Crippen molar-refractivity contribution in [2.24, 2.45) is 0 Å². The summed E-state index contributed by atoms with van der Waals surface area (Å²) >= 11 is 7.50. The van der Waals surface area contributed by atoms with Crippen molar-refractivity contribution in [2.45, 2.75) is 32.6 Å². The highest BCUT2D eigenvalue weighted by Gasteiger charge is 2.17. The highest BCUT2D eigenvalue weighted by atomic mass is 35.5. The van der Waals surface area contributed by atoms with E-state index >= 15 is 0 Å². The Morgan fingerprint density at radius 2 is 1.96 bits per heavy atom. The summed E-state index contributed by atoms with van der Waals surface area (Å²) in [5.74, 6) is -0.837. The van der Waals surface area contributed by atoms with Crippen molar-refractivity contribution in [1.82, 2.24) is 10.2 Å². The Labute approximate surface area is 167 Å². The SMILES string of the molecule is CCC(CC(=O)O)c1ccc(-c2nnc(C)s2)c(Nc2ccc(Cl)cc2)c1. The fraction of sp³-hybridized carbons (Fsp3) is 0.250. The van der Waals surface area contributed by atoms with Gasteiger partial charge in [-0.05, 0) is 61.2 Å². The Hall–Kier alpha value is -2.44. The monoisotopic (exact) mass is 401 g/mol. The fourth-order valence-corrected chi connectivity index (χ4v) is 3.77. The van der Waals surface area contributed by atoms with Gasteiger partial charge in [0.1, 0.15) is 10.0 Å². The first-order valence-corrected chi connectivity index (χ1v) is 9.84. The van der Waals surface area contributed by atoms with Gasteiger partial charge >= 0.3 is 5.97 Å². The number of aromatic nitrogens is 2. The van der Waals surface area contributed by atoms with Gasteiger partial charge in [-0.1, -0.05) is 35.9 Å². The molecule has 3 aromatic rings. The molecule has 1 atom stereocenters. The van der Waals surface area contributed by atoms with E-state index in [0.717, 1.165) is 38.9 Å². The van der Waals surface area contributed by atoms with Crippen LogP contribution < -0.4 is 5.32 Å². The van der Waals surface area contributed by atoms with Crippen LogP contribution in [0.25, 0.3) is 10.6 Å². The summed E-state index contributed by atoms with van der Waals surface area (Å²) in [6, 6.07) is 13.4. The van der Waals surface area contributed by atoms with Crippen molar-refractivity contribution in [1.29, 1.82) is 0 Å². The lowest BCUT2D eigenvalue weighted by Crippen LogP contribution is -2.06. The van der Waals surface area contributed by atoms with Crippen LogP contribution >= 0.6 is 22.9 Å². The predicted molar refractivity (Wildman–Crippen MR) is 110 cm³/mol. The second-order valence-electron chi connectivity index (χ2n) is 6.27. The molecule has 27 heavy (non-hydrogen) atoms. The topological polar surface area (TPSA) is 75.1 Å². The van der Waals surface area contributed by atoms with E-state index in [1.807, 2.05) is 56.3 Å². The molecule has 0 aliphatic heterocycles. The molecule has 0 fully saturated rings. The van der Waals surface area contributed by atoms with Crippen molar-refractivity contribution in [2.75, 3.05) is 5.32 Å². The largest absolute Gasteiger partial charge is 0.481 e. The lowest BCUT2D eigenvalue weighted by Gasteiger charge is -2.17. The molecule has 2 N–H and O–H groups in total. The van der Waals surface area contributed by atoms with Gasteiger partial charge in [0.15, 0.2) is 0 Å². The van der Waals surface area contributed by atoms with Crippen LogP contribution in [0.5, 0.6) is 0 Å². The van der Waals surface area contributed by atoms with Crippen molar-refractivity contribution in [3.63, 3.8) is 0 Å². The minimum Gasteiger partial charge on any atom is -0.481 e. The Morgan fingerprint density at radius 3 is 2.56 bits per heavy atom. The summed E-state index contributed by atoms with van der Waals surface area (Å²) in [6.07, 6.45) is 0.859. The van der Waals surface area contributed by atoms with Gasteiger partial charge in [0.2, 0.25) is 0 Å². The van der Waals surface area contributed by atoms with E-state index in [1.165, 1.54) is 11.3 Å². The Balaban J connectivity index is 2.02. The first kappa shape index (κ1) is 19.3. The Morgan fingerprint density at radius 1 is 1.22 bits per heavy atom. The zero-order chi connectivity index (χ0) is 19.4. The first-order valence-electron chi connectivity index (χ1n) is 8.65. The molecule has 0 aliphatic carbocycles. The van der Waals surface area contributed by atoms with Crippen LogP contribution in [-0.4, -0.2) is 21.3 Å². The van der Waals surface area contributed by atoms with Gasteiger partial charge < -0.3 is 10.4 Å². The highest BCUT2D eigenvalue weighted by Crippen LogP contribution is 2.36. The lowest BCUT2D eigenvalue weighted by molar-refractivity contribution is -0.137. The van der Waals surface area contributed by atoms with Crippen molar-refractivity contribution >= 4 is 40.3 Å². The van der Waals surface area contributed by atoms with E-state index in [0.29, 0.717) is 5.02 Å². The number of aliphatic carboxylic acids is 1. The Bertz CT molecular complexity index is 941. The second kappa shape index (κ2) is 8.50. The molecular weight excluding hydrogens is 382 g/mol. The van der Waals surface area contributed by atoms with Gasteiger partial charge in [0.25, 0.3) is 0 Å². The zero-order valence-electron chi connectivity index (χ0n) is 15.1. The summed E-state index contributed by atoms with van der Waals surface area (Å²) < 4.78 is 0. The second-order valence-corrected chi connectivity index (χ2v) is 7.88. The molecular formula is C20H20ClN3O2S. The first-order chi connectivity index (χ1) is 13.0. The molecule has 3 rings (SSSR count). The third-order valence-electron chi connectivity index (χ3n) is 4.31. The summed E-state index contributed by atoms with van der Waals surface area (Å²) in [5.41, 5.74) is 3.69. The molecule has 0 radical (unpaired) electrons.